The average molecular weight is 237 g/mol. The van der Waals surface area contributed by atoms with Crippen molar-refractivity contribution in [2.24, 2.45) is 0 Å². The first-order valence-corrected chi connectivity index (χ1v) is 6.62. The van der Waals surface area contributed by atoms with Gasteiger partial charge in [0, 0.05) is 0 Å². The summed E-state index contributed by atoms with van der Waals surface area (Å²) in [6.45, 7) is 1.96. The summed E-state index contributed by atoms with van der Waals surface area (Å²) >= 11 is 0. The molecule has 1 aromatic rings. The van der Waals surface area contributed by atoms with Gasteiger partial charge in [-0.25, -0.2) is 8.42 Å². The van der Waals surface area contributed by atoms with Crippen LogP contribution in [0.1, 0.15) is 19.8 Å². The highest BCUT2D eigenvalue weighted by Gasteiger charge is 2.17. The van der Waals surface area contributed by atoms with Gasteiger partial charge in [-0.1, -0.05) is 37.5 Å². The van der Waals surface area contributed by atoms with Gasteiger partial charge >= 0.3 is 0 Å². The Balaban J connectivity index is 2.85. The van der Waals surface area contributed by atoms with Crippen LogP contribution >= 0.6 is 0 Å². The number of nitrogens with one attached hydrogen (secondary N) is 1. The second kappa shape index (κ2) is 5.69. The van der Waals surface area contributed by atoms with Gasteiger partial charge in [-0.05, 0) is 18.6 Å². The fourth-order valence-electron chi connectivity index (χ4n) is 1.32. The molecule has 0 heterocycles. The molecule has 0 radical (unpaired) electrons. The number of sulfonamides is 1. The van der Waals surface area contributed by atoms with E-state index < -0.39 is 16.1 Å². The first-order chi connectivity index (χ1) is 7.60. The monoisotopic (exact) mass is 237 g/mol. The average Bonchev–Trinajstić information content (AvgIpc) is 2.29. The number of terminal acetylenes is 1. The quantitative estimate of drug-likeness (QED) is 0.793. The fraction of sp³-hybridized carbons (Fsp3) is 0.333. The lowest BCUT2D eigenvalue weighted by atomic mass is 10.2. The normalized spacial score (nSPS) is 13.0. The van der Waals surface area contributed by atoms with Gasteiger partial charge in [-0.2, -0.15) is 4.72 Å². The molecule has 0 spiro atoms. The predicted molar refractivity (Wildman–Crippen MR) is 64.3 cm³/mol. The Morgan fingerprint density at radius 2 is 2.00 bits per heavy atom. The van der Waals surface area contributed by atoms with Crippen LogP contribution in [-0.2, 0) is 10.0 Å². The summed E-state index contributed by atoms with van der Waals surface area (Å²) in [5, 5.41) is 0. The molecule has 1 rings (SSSR count). The van der Waals surface area contributed by atoms with Crippen LogP contribution in [0.2, 0.25) is 0 Å². The molecule has 1 aromatic carbocycles. The fourth-order valence-corrected chi connectivity index (χ4v) is 2.53. The molecule has 0 saturated carbocycles. The second-order valence-electron chi connectivity index (χ2n) is 3.44. The minimum Gasteiger partial charge on any atom is -0.207 e. The smallest absolute Gasteiger partial charge is 0.207 e. The molecule has 4 heteroatoms. The van der Waals surface area contributed by atoms with E-state index in [4.69, 9.17) is 6.42 Å². The van der Waals surface area contributed by atoms with Crippen LogP contribution in [0.15, 0.2) is 35.2 Å². The van der Waals surface area contributed by atoms with Crippen LogP contribution in [0.3, 0.4) is 0 Å². The Labute approximate surface area is 96.9 Å². The summed E-state index contributed by atoms with van der Waals surface area (Å²) in [6.07, 6.45) is 6.75. The highest BCUT2D eigenvalue weighted by Crippen LogP contribution is 2.09. The Bertz CT molecular complexity index is 460. The topological polar surface area (TPSA) is 46.2 Å². The van der Waals surface area contributed by atoms with Crippen LogP contribution in [-0.4, -0.2) is 14.5 Å². The van der Waals surface area contributed by atoms with Crippen LogP contribution in [0.5, 0.6) is 0 Å². The van der Waals surface area contributed by atoms with E-state index in [1.165, 1.54) is 0 Å². The van der Waals surface area contributed by atoms with E-state index in [2.05, 4.69) is 10.6 Å². The first kappa shape index (κ1) is 12.8. The van der Waals surface area contributed by atoms with Gasteiger partial charge in [0.15, 0.2) is 0 Å². The largest absolute Gasteiger partial charge is 0.241 e. The number of rotatable bonds is 5. The van der Waals surface area contributed by atoms with E-state index in [0.29, 0.717) is 6.42 Å². The molecule has 0 aliphatic rings. The number of hydrogen-bond donors (Lipinski definition) is 1. The molecule has 0 aromatic heterocycles. The molecule has 0 bridgehead atoms. The Morgan fingerprint density at radius 1 is 1.38 bits per heavy atom. The molecule has 86 valence electrons. The van der Waals surface area contributed by atoms with Crippen LogP contribution in [0, 0.1) is 12.3 Å². The van der Waals surface area contributed by atoms with Crippen molar-refractivity contribution in [3.8, 4) is 12.3 Å². The summed E-state index contributed by atoms with van der Waals surface area (Å²) in [6, 6.07) is 7.78. The van der Waals surface area contributed by atoms with Crippen molar-refractivity contribution in [2.45, 2.75) is 30.7 Å². The Kier molecular flexibility index (Phi) is 4.53. The molecule has 16 heavy (non-hydrogen) atoms. The van der Waals surface area contributed by atoms with E-state index in [1.807, 2.05) is 6.92 Å². The molecule has 0 fully saturated rings. The third-order valence-electron chi connectivity index (χ3n) is 2.13. The maximum atomic E-state index is 11.9. The molecular formula is C12H15NO2S. The van der Waals surface area contributed by atoms with Gasteiger partial charge in [0.2, 0.25) is 10.0 Å². The minimum absolute atomic E-state index is 0.242. The van der Waals surface area contributed by atoms with Gasteiger partial charge in [-0.3, -0.25) is 0 Å². The standard InChI is InChI=1S/C12H15NO2S/c1-3-8-11(4-2)13-16(14,15)12-9-6-5-7-10-12/h2,5-7,9-11,13H,3,8H2,1H3. The molecule has 1 unspecified atom stereocenters. The van der Waals surface area contributed by atoms with Crippen molar-refractivity contribution in [2.75, 3.05) is 0 Å². The first-order valence-electron chi connectivity index (χ1n) is 5.13. The lowest BCUT2D eigenvalue weighted by Crippen LogP contribution is -2.33. The summed E-state index contributed by atoms with van der Waals surface area (Å²) in [4.78, 5) is 0.242. The van der Waals surface area contributed by atoms with Crippen LogP contribution < -0.4 is 4.72 Å². The summed E-state index contributed by atoms with van der Waals surface area (Å²) in [5.41, 5.74) is 0. The second-order valence-corrected chi connectivity index (χ2v) is 5.16. The van der Waals surface area contributed by atoms with Gasteiger partial charge in [-0.15, -0.1) is 6.42 Å². The maximum absolute atomic E-state index is 11.9. The Hall–Kier alpha value is -1.31. The van der Waals surface area contributed by atoms with Crippen LogP contribution in [0.4, 0.5) is 0 Å². The SMILES string of the molecule is C#CC(CCC)NS(=O)(=O)c1ccccc1. The lowest BCUT2D eigenvalue weighted by molar-refractivity contribution is 0.564. The minimum atomic E-state index is -3.49. The molecule has 1 atom stereocenters. The summed E-state index contributed by atoms with van der Waals surface area (Å²) in [7, 11) is -3.49. The van der Waals surface area contributed by atoms with Gasteiger partial charge in [0.05, 0.1) is 10.9 Å². The van der Waals surface area contributed by atoms with Crippen molar-refractivity contribution in [3.05, 3.63) is 30.3 Å². The summed E-state index contributed by atoms with van der Waals surface area (Å²) in [5.74, 6) is 2.44. The zero-order valence-corrected chi connectivity index (χ0v) is 10.00. The van der Waals surface area contributed by atoms with Gasteiger partial charge in [0.1, 0.15) is 0 Å². The lowest BCUT2D eigenvalue weighted by Gasteiger charge is -2.12. The van der Waals surface area contributed by atoms with Crippen molar-refractivity contribution in [1.82, 2.24) is 4.72 Å². The van der Waals surface area contributed by atoms with Crippen molar-refractivity contribution in [1.29, 1.82) is 0 Å². The molecule has 0 aliphatic carbocycles. The molecule has 1 N–H and O–H groups in total. The zero-order valence-electron chi connectivity index (χ0n) is 9.18. The van der Waals surface area contributed by atoms with Crippen molar-refractivity contribution < 1.29 is 8.42 Å². The van der Waals surface area contributed by atoms with E-state index >= 15 is 0 Å². The molecule has 0 amide bonds. The van der Waals surface area contributed by atoms with E-state index in [1.54, 1.807) is 30.3 Å². The van der Waals surface area contributed by atoms with Crippen molar-refractivity contribution >= 4 is 10.0 Å². The van der Waals surface area contributed by atoms with Gasteiger partial charge in [0.25, 0.3) is 0 Å². The third-order valence-corrected chi connectivity index (χ3v) is 3.62. The number of benzene rings is 1. The van der Waals surface area contributed by atoms with E-state index in [0.717, 1.165) is 6.42 Å². The highest BCUT2D eigenvalue weighted by atomic mass is 32.2. The maximum Gasteiger partial charge on any atom is 0.241 e. The third kappa shape index (κ3) is 3.37. The highest BCUT2D eigenvalue weighted by molar-refractivity contribution is 7.89. The molecule has 0 aliphatic heterocycles. The van der Waals surface area contributed by atoms with E-state index in [-0.39, 0.29) is 4.90 Å². The molecular weight excluding hydrogens is 222 g/mol. The van der Waals surface area contributed by atoms with E-state index in [9.17, 15) is 8.42 Å². The molecule has 3 nitrogen and oxygen atoms in total. The number of hydrogen-bond acceptors (Lipinski definition) is 2. The zero-order chi connectivity index (χ0) is 12.0. The Morgan fingerprint density at radius 3 is 2.50 bits per heavy atom. The van der Waals surface area contributed by atoms with Crippen LogP contribution in [0.25, 0.3) is 0 Å². The molecule has 0 saturated heterocycles. The van der Waals surface area contributed by atoms with Gasteiger partial charge < -0.3 is 0 Å². The van der Waals surface area contributed by atoms with Crippen molar-refractivity contribution in [3.63, 3.8) is 0 Å². The summed E-state index contributed by atoms with van der Waals surface area (Å²) < 4.78 is 26.2. The predicted octanol–water partition coefficient (Wildman–Crippen LogP) is 1.77.